The summed E-state index contributed by atoms with van der Waals surface area (Å²) in [4.78, 5) is 4.95. The van der Waals surface area contributed by atoms with Crippen molar-refractivity contribution in [3.8, 4) is 5.69 Å². The molecule has 5 nitrogen and oxygen atoms in total. The van der Waals surface area contributed by atoms with E-state index in [1.807, 2.05) is 23.6 Å². The van der Waals surface area contributed by atoms with Crippen molar-refractivity contribution in [3.63, 3.8) is 0 Å². The summed E-state index contributed by atoms with van der Waals surface area (Å²) in [5.74, 6) is -1.59. The third kappa shape index (κ3) is 6.57. The number of imidazole rings is 1. The van der Waals surface area contributed by atoms with E-state index < -0.39 is 11.6 Å². The zero-order chi connectivity index (χ0) is 29.1. The van der Waals surface area contributed by atoms with Crippen molar-refractivity contribution in [1.29, 1.82) is 5.41 Å². The van der Waals surface area contributed by atoms with Crippen molar-refractivity contribution < 1.29 is 13.2 Å². The number of aromatic nitrogens is 2. The van der Waals surface area contributed by atoms with Crippen molar-refractivity contribution >= 4 is 29.3 Å². The summed E-state index contributed by atoms with van der Waals surface area (Å²) in [5, 5.41) is 11.2. The Morgan fingerprint density at radius 3 is 2.54 bits per heavy atom. The predicted molar refractivity (Wildman–Crippen MR) is 159 cm³/mol. The lowest BCUT2D eigenvalue weighted by molar-refractivity contribution is 0.561. The van der Waals surface area contributed by atoms with Gasteiger partial charge < -0.3 is 11.1 Å². The molecule has 1 atom stereocenters. The molecule has 1 aromatic heterocycles. The molecule has 41 heavy (non-hydrogen) atoms. The van der Waals surface area contributed by atoms with Gasteiger partial charge in [-0.05, 0) is 98.2 Å². The number of rotatable bonds is 9. The van der Waals surface area contributed by atoms with Gasteiger partial charge >= 0.3 is 0 Å². The predicted octanol–water partition coefficient (Wildman–Crippen LogP) is 7.43. The highest BCUT2D eigenvalue weighted by molar-refractivity contribution is 7.98. The molecule has 0 bridgehead atoms. The summed E-state index contributed by atoms with van der Waals surface area (Å²) in [6.07, 6.45) is 3.70. The van der Waals surface area contributed by atoms with E-state index in [0.717, 1.165) is 47.5 Å². The number of benzene rings is 3. The molecule has 3 aromatic carbocycles. The molecule has 5 rings (SSSR count). The first-order chi connectivity index (χ1) is 19.7. The minimum Gasteiger partial charge on any atom is -0.370 e. The Balaban J connectivity index is 1.46. The zero-order valence-electron chi connectivity index (χ0n) is 22.6. The summed E-state index contributed by atoms with van der Waals surface area (Å²) in [6, 6.07) is 15.0. The van der Waals surface area contributed by atoms with Gasteiger partial charge in [0.25, 0.3) is 0 Å². The number of thioether (sulfide) groups is 1. The number of guanidine groups is 1. The Bertz CT molecular complexity index is 1550. The quantitative estimate of drug-likeness (QED) is 0.0811. The van der Waals surface area contributed by atoms with E-state index in [1.165, 1.54) is 36.0 Å². The van der Waals surface area contributed by atoms with Crippen LogP contribution < -0.4 is 11.1 Å². The number of halogens is 4. The highest BCUT2D eigenvalue weighted by Crippen LogP contribution is 2.42. The molecule has 1 heterocycles. The number of hydrogen-bond donors (Lipinski definition) is 3. The van der Waals surface area contributed by atoms with Crippen LogP contribution in [0.4, 0.5) is 13.2 Å². The second kappa shape index (κ2) is 12.6. The number of nitrogens with zero attached hydrogens (tertiary/aromatic N) is 2. The average Bonchev–Trinajstić information content (AvgIpc) is 3.31. The Morgan fingerprint density at radius 2 is 1.85 bits per heavy atom. The molecule has 10 heteroatoms. The van der Waals surface area contributed by atoms with E-state index in [0.29, 0.717) is 35.1 Å². The van der Waals surface area contributed by atoms with E-state index in [9.17, 15) is 4.39 Å². The van der Waals surface area contributed by atoms with Crippen LogP contribution in [0.1, 0.15) is 58.8 Å². The number of aryl methyl sites for hydroxylation is 3. The molecule has 214 valence electrons. The number of nitrogens with two attached hydrogens (primary N) is 1. The van der Waals surface area contributed by atoms with Crippen molar-refractivity contribution in [1.82, 2.24) is 14.9 Å². The average molecular weight is 598 g/mol. The fourth-order valence-corrected chi connectivity index (χ4v) is 6.52. The third-order valence-electron chi connectivity index (χ3n) is 7.37. The largest absolute Gasteiger partial charge is 0.370 e. The molecule has 0 fully saturated rings. The number of nitrogens with one attached hydrogen (secondary N) is 2. The summed E-state index contributed by atoms with van der Waals surface area (Å²) in [5.41, 5.74) is 10.6. The normalized spacial score (nSPS) is 14.6. The second-order valence-electron chi connectivity index (χ2n) is 10.3. The Morgan fingerprint density at radius 1 is 1.12 bits per heavy atom. The molecule has 4 aromatic rings. The lowest BCUT2D eigenvalue weighted by Crippen LogP contribution is -2.31. The molecule has 1 unspecified atom stereocenters. The molecular weight excluding hydrogens is 567 g/mol. The standard InChI is InChI=1S/C31H31ClF3N5S/c1-18-14-20(7-12-25(18)32)23-5-2-6-28-29(23)40(22-10-8-21(33)9-11-22)31(39-28)41-17-24-26(34)15-19(16-27(24)35)4-3-13-38-30(36)37/h7-12,14-16,23H,2-6,13,17H2,1H3,(H4,36,37,38). The summed E-state index contributed by atoms with van der Waals surface area (Å²) in [7, 11) is 0. The Labute approximate surface area is 246 Å². The Hall–Kier alpha value is -3.43. The maximum absolute atomic E-state index is 15.1. The van der Waals surface area contributed by atoms with E-state index >= 15 is 8.78 Å². The van der Waals surface area contributed by atoms with Crippen LogP contribution >= 0.6 is 23.4 Å². The molecule has 0 radical (unpaired) electrons. The summed E-state index contributed by atoms with van der Waals surface area (Å²) >= 11 is 7.57. The van der Waals surface area contributed by atoms with Gasteiger partial charge in [0.2, 0.25) is 0 Å². The van der Waals surface area contributed by atoms with Crippen LogP contribution in [0.5, 0.6) is 0 Å². The molecule has 1 aliphatic rings. The van der Waals surface area contributed by atoms with E-state index in [4.69, 9.17) is 27.7 Å². The van der Waals surface area contributed by atoms with Crippen LogP contribution in [0.25, 0.3) is 5.69 Å². The zero-order valence-corrected chi connectivity index (χ0v) is 24.2. The highest BCUT2D eigenvalue weighted by atomic mass is 35.5. The van der Waals surface area contributed by atoms with Crippen LogP contribution in [-0.2, 0) is 18.6 Å². The molecule has 0 saturated carbocycles. The monoisotopic (exact) mass is 597 g/mol. The van der Waals surface area contributed by atoms with Crippen LogP contribution in [0.15, 0.2) is 59.8 Å². The lowest BCUT2D eigenvalue weighted by Gasteiger charge is -2.25. The maximum atomic E-state index is 15.1. The van der Waals surface area contributed by atoms with E-state index in [1.54, 1.807) is 12.1 Å². The molecular formula is C31H31ClF3N5S. The summed E-state index contributed by atoms with van der Waals surface area (Å²) in [6.45, 7) is 2.43. The third-order valence-corrected chi connectivity index (χ3v) is 8.76. The van der Waals surface area contributed by atoms with Gasteiger partial charge in [0, 0.05) is 34.5 Å². The smallest absolute Gasteiger partial charge is 0.185 e. The first-order valence-corrected chi connectivity index (χ1v) is 14.9. The first kappa shape index (κ1) is 29.1. The molecule has 0 amide bonds. The second-order valence-corrected chi connectivity index (χ2v) is 11.6. The van der Waals surface area contributed by atoms with Gasteiger partial charge in [-0.3, -0.25) is 9.98 Å². The Kier molecular flexibility index (Phi) is 8.94. The van der Waals surface area contributed by atoms with Gasteiger partial charge in [-0.2, -0.15) is 0 Å². The van der Waals surface area contributed by atoms with Crippen molar-refractivity contribution in [2.24, 2.45) is 5.73 Å². The van der Waals surface area contributed by atoms with Crippen molar-refractivity contribution in [2.75, 3.05) is 6.54 Å². The molecule has 0 spiro atoms. The van der Waals surface area contributed by atoms with Gasteiger partial charge in [0.15, 0.2) is 11.1 Å². The lowest BCUT2D eigenvalue weighted by atomic mass is 9.83. The van der Waals surface area contributed by atoms with E-state index in [2.05, 4.69) is 11.4 Å². The van der Waals surface area contributed by atoms with Crippen LogP contribution in [-0.4, -0.2) is 22.1 Å². The molecule has 4 N–H and O–H groups in total. The minimum atomic E-state index is -0.605. The van der Waals surface area contributed by atoms with Gasteiger partial charge in [-0.1, -0.05) is 35.5 Å². The highest BCUT2D eigenvalue weighted by Gasteiger charge is 2.30. The SMILES string of the molecule is Cc1cc(C2CCCc3nc(SCc4c(F)cc(CCCNC(=N)N)cc4F)n(-c4ccc(F)cc4)c32)ccc1Cl. The van der Waals surface area contributed by atoms with Crippen LogP contribution in [0.3, 0.4) is 0 Å². The van der Waals surface area contributed by atoms with Crippen LogP contribution in [0, 0.1) is 29.8 Å². The van der Waals surface area contributed by atoms with Gasteiger partial charge in [-0.15, -0.1) is 0 Å². The molecule has 0 saturated heterocycles. The fraction of sp³-hybridized carbons (Fsp3) is 0.290. The summed E-state index contributed by atoms with van der Waals surface area (Å²) < 4.78 is 46.1. The van der Waals surface area contributed by atoms with Gasteiger partial charge in [0.05, 0.1) is 11.4 Å². The molecule has 0 aliphatic heterocycles. The number of fused-ring (bicyclic) bond motifs is 1. The molecule has 1 aliphatic carbocycles. The minimum absolute atomic E-state index is 0.0166. The van der Waals surface area contributed by atoms with Gasteiger partial charge in [-0.25, -0.2) is 18.2 Å². The van der Waals surface area contributed by atoms with Gasteiger partial charge in [0.1, 0.15) is 17.5 Å². The van der Waals surface area contributed by atoms with Crippen molar-refractivity contribution in [3.05, 3.63) is 111 Å². The first-order valence-electron chi connectivity index (χ1n) is 13.5. The van der Waals surface area contributed by atoms with Crippen LogP contribution in [0.2, 0.25) is 5.02 Å². The van der Waals surface area contributed by atoms with E-state index in [-0.39, 0.29) is 29.0 Å². The fourth-order valence-electron chi connectivity index (χ4n) is 5.34. The number of hydrogen-bond acceptors (Lipinski definition) is 3. The maximum Gasteiger partial charge on any atom is 0.185 e. The topological polar surface area (TPSA) is 79.7 Å². The van der Waals surface area contributed by atoms with Crippen molar-refractivity contribution in [2.45, 2.75) is 55.9 Å².